The number of esters is 1. The number of carbonyl (C=O) groups excluding carboxylic acids is 1. The van der Waals surface area contributed by atoms with Gasteiger partial charge in [-0.25, -0.2) is 4.79 Å². The van der Waals surface area contributed by atoms with Gasteiger partial charge in [0.2, 0.25) is 0 Å². The van der Waals surface area contributed by atoms with E-state index >= 15 is 0 Å². The minimum atomic E-state index is -0.314. The Bertz CT molecular complexity index is 722. The second-order valence-corrected chi connectivity index (χ2v) is 7.08. The highest BCUT2D eigenvalue weighted by Crippen LogP contribution is 2.41. The van der Waals surface area contributed by atoms with E-state index in [1.54, 1.807) is 16.0 Å². The van der Waals surface area contributed by atoms with Crippen LogP contribution in [0.15, 0.2) is 24.3 Å². The fraction of sp³-hybridized carbons (Fsp3) is 0.421. The third-order valence-corrected chi connectivity index (χ3v) is 5.77. The lowest BCUT2D eigenvalue weighted by Gasteiger charge is -2.20. The van der Waals surface area contributed by atoms with E-state index in [1.165, 1.54) is 0 Å². The van der Waals surface area contributed by atoms with Crippen molar-refractivity contribution >= 4 is 53.6 Å². The third kappa shape index (κ3) is 5.33. The van der Waals surface area contributed by atoms with Crippen LogP contribution >= 0.6 is 41.9 Å². The molecule has 0 bridgehead atoms. The van der Waals surface area contributed by atoms with Crippen LogP contribution in [0.1, 0.15) is 50.7 Å². The van der Waals surface area contributed by atoms with E-state index in [4.69, 9.17) is 16.3 Å². The molecular weight excluding hydrogens is 483 g/mol. The predicted molar refractivity (Wildman–Crippen MR) is 123 cm³/mol. The van der Waals surface area contributed by atoms with Gasteiger partial charge in [0, 0.05) is 47.5 Å². The minimum Gasteiger partial charge on any atom is -0.461 e. The Kier molecular flexibility index (Phi) is 10.5. The number of hydrogen-bond donors (Lipinski definition) is 1. The van der Waals surface area contributed by atoms with Crippen molar-refractivity contribution in [3.05, 3.63) is 40.5 Å². The Morgan fingerprint density at radius 1 is 1.31 bits per heavy atom. The smallest absolute Gasteiger partial charge is 0.354 e. The van der Waals surface area contributed by atoms with Gasteiger partial charge in [-0.15, -0.1) is 0 Å². The van der Waals surface area contributed by atoms with Crippen LogP contribution < -0.4 is 4.31 Å². The molecule has 0 aliphatic carbocycles. The maximum atomic E-state index is 11.9. The molecule has 2 heterocycles. The zero-order valence-electron chi connectivity index (χ0n) is 15.9. The van der Waals surface area contributed by atoms with Crippen molar-refractivity contribution in [1.29, 1.82) is 0 Å². The molecule has 2 aromatic rings. The number of halogens is 2. The number of hydrogen-bond acceptors (Lipinski definition) is 4. The van der Waals surface area contributed by atoms with Crippen molar-refractivity contribution < 1.29 is 9.53 Å². The summed E-state index contributed by atoms with van der Waals surface area (Å²) in [6.45, 7) is 11.0. The van der Waals surface area contributed by atoms with Crippen molar-refractivity contribution in [3.63, 3.8) is 0 Å². The first-order chi connectivity index (χ1) is 12.6. The summed E-state index contributed by atoms with van der Waals surface area (Å²) in [7, 11) is 1.64. The number of aromatic nitrogens is 1. The third-order valence-electron chi connectivity index (χ3n) is 3.56. The number of benzene rings is 1. The Morgan fingerprint density at radius 3 is 2.62 bits per heavy atom. The summed E-state index contributed by atoms with van der Waals surface area (Å²) in [5, 5.41) is 0.704. The number of rotatable bonds is 3. The lowest BCUT2D eigenvalue weighted by atomic mass is 10.1. The van der Waals surface area contributed by atoms with E-state index in [0.29, 0.717) is 17.3 Å². The topological polar surface area (TPSA) is 45.3 Å². The molecule has 1 aromatic heterocycles. The average Bonchev–Trinajstić information content (AvgIpc) is 3.04. The first-order valence-corrected chi connectivity index (χ1v) is 12.6. The van der Waals surface area contributed by atoms with Crippen molar-refractivity contribution in [2.75, 3.05) is 17.5 Å². The van der Waals surface area contributed by atoms with Crippen LogP contribution in [-0.4, -0.2) is 24.1 Å². The number of H-pyrrole nitrogens is 1. The summed E-state index contributed by atoms with van der Waals surface area (Å²) in [5.74, 6) is -0.314. The standard InChI is InChI=1S/C15H14ClIN2O2S.2C2H6/c1-2-21-15(20)12-7-9-5-6-19(22-17)13-8-10(16)3-4-11(13)14(9)18-12;2*1-2/h3-4,7-8,18H,2,5-6H2,1H3;2*1-2H3. The fourth-order valence-corrected chi connectivity index (χ4v) is 4.37. The van der Waals surface area contributed by atoms with Crippen LogP contribution in [0.5, 0.6) is 0 Å². The van der Waals surface area contributed by atoms with Crippen LogP contribution in [0.2, 0.25) is 5.02 Å². The van der Waals surface area contributed by atoms with Crippen LogP contribution in [-0.2, 0) is 11.2 Å². The van der Waals surface area contributed by atoms with Crippen LogP contribution in [0.3, 0.4) is 0 Å². The Balaban J connectivity index is 0.000000791. The second-order valence-electron chi connectivity index (χ2n) is 4.89. The monoisotopic (exact) mass is 508 g/mol. The Hall–Kier alpha value is -0.860. The fourth-order valence-electron chi connectivity index (χ4n) is 2.59. The van der Waals surface area contributed by atoms with Gasteiger partial charge in [-0.2, -0.15) is 0 Å². The van der Waals surface area contributed by atoms with Gasteiger partial charge in [0.15, 0.2) is 0 Å². The lowest BCUT2D eigenvalue weighted by Crippen LogP contribution is -2.14. The molecular formula is C19H26ClIN2O2S. The van der Waals surface area contributed by atoms with Gasteiger partial charge in [-0.3, -0.25) is 0 Å². The zero-order valence-corrected chi connectivity index (χ0v) is 19.6. The molecule has 26 heavy (non-hydrogen) atoms. The molecule has 0 saturated heterocycles. The van der Waals surface area contributed by atoms with Crippen molar-refractivity contribution in [3.8, 4) is 11.3 Å². The molecule has 0 amide bonds. The summed E-state index contributed by atoms with van der Waals surface area (Å²) in [5.41, 5.74) is 4.71. The van der Waals surface area contributed by atoms with Gasteiger partial charge in [-0.05, 0) is 43.2 Å². The SMILES string of the molecule is CC.CC.CCOC(=O)c1cc2c([nH]1)-c1ccc(Cl)cc1N(SI)CC2. The molecule has 0 saturated carbocycles. The lowest BCUT2D eigenvalue weighted by molar-refractivity contribution is 0.0520. The summed E-state index contributed by atoms with van der Waals surface area (Å²) in [6.07, 6.45) is 0.855. The predicted octanol–water partition coefficient (Wildman–Crippen LogP) is 6.92. The van der Waals surface area contributed by atoms with E-state index in [0.717, 1.165) is 35.5 Å². The van der Waals surface area contributed by atoms with Gasteiger partial charge in [0.1, 0.15) is 5.69 Å². The second kappa shape index (κ2) is 11.8. The van der Waals surface area contributed by atoms with Crippen molar-refractivity contribution in [2.24, 2.45) is 0 Å². The van der Waals surface area contributed by atoms with E-state index in [1.807, 2.05) is 52.0 Å². The van der Waals surface area contributed by atoms with Gasteiger partial charge < -0.3 is 14.0 Å². The van der Waals surface area contributed by atoms with Gasteiger partial charge in [0.25, 0.3) is 0 Å². The molecule has 7 heteroatoms. The highest BCUT2D eigenvalue weighted by atomic mass is 127. The molecule has 0 spiro atoms. The molecule has 0 atom stereocenters. The van der Waals surface area contributed by atoms with Crippen molar-refractivity contribution in [2.45, 2.75) is 41.0 Å². The maximum Gasteiger partial charge on any atom is 0.354 e. The van der Waals surface area contributed by atoms with Crippen LogP contribution in [0, 0.1) is 0 Å². The number of anilines is 1. The quantitative estimate of drug-likeness (QED) is 0.277. The minimum absolute atomic E-state index is 0.314. The molecule has 4 nitrogen and oxygen atoms in total. The summed E-state index contributed by atoms with van der Waals surface area (Å²) in [6, 6.07) is 7.72. The molecule has 3 rings (SSSR count). The first kappa shape index (κ1) is 23.2. The van der Waals surface area contributed by atoms with Crippen LogP contribution in [0.4, 0.5) is 5.69 Å². The first-order valence-electron chi connectivity index (χ1n) is 8.89. The molecule has 0 fully saturated rings. The van der Waals surface area contributed by atoms with Gasteiger partial charge in [-0.1, -0.05) is 39.3 Å². The molecule has 1 N–H and O–H groups in total. The van der Waals surface area contributed by atoms with E-state index < -0.39 is 0 Å². The molecule has 1 aliphatic rings. The van der Waals surface area contributed by atoms with Gasteiger partial charge in [0.05, 0.1) is 18.0 Å². The molecule has 0 unspecified atom stereocenters. The number of fused-ring (bicyclic) bond motifs is 3. The number of ether oxygens (including phenoxy) is 1. The number of aromatic amines is 1. The number of carbonyl (C=O) groups is 1. The largest absolute Gasteiger partial charge is 0.461 e. The molecule has 0 radical (unpaired) electrons. The van der Waals surface area contributed by atoms with E-state index in [2.05, 4.69) is 30.5 Å². The van der Waals surface area contributed by atoms with Crippen LogP contribution in [0.25, 0.3) is 11.3 Å². The van der Waals surface area contributed by atoms with E-state index in [-0.39, 0.29) is 5.97 Å². The Labute approximate surface area is 177 Å². The number of nitrogens with one attached hydrogen (secondary N) is 1. The van der Waals surface area contributed by atoms with E-state index in [9.17, 15) is 4.79 Å². The maximum absolute atomic E-state index is 11.9. The normalized spacial score (nSPS) is 11.7. The van der Waals surface area contributed by atoms with Gasteiger partial charge >= 0.3 is 5.97 Å². The zero-order chi connectivity index (χ0) is 19.7. The molecule has 1 aliphatic heterocycles. The summed E-state index contributed by atoms with van der Waals surface area (Å²) >= 11 is 8.43. The summed E-state index contributed by atoms with van der Waals surface area (Å²) < 4.78 is 7.29. The highest BCUT2D eigenvalue weighted by Gasteiger charge is 2.24. The number of nitrogens with zero attached hydrogens (tertiary/aromatic N) is 1. The highest BCUT2D eigenvalue weighted by molar-refractivity contribution is 14.2. The Morgan fingerprint density at radius 2 is 2.00 bits per heavy atom. The average molecular weight is 509 g/mol. The van der Waals surface area contributed by atoms with Crippen molar-refractivity contribution in [1.82, 2.24) is 4.98 Å². The molecule has 144 valence electrons. The summed E-state index contributed by atoms with van der Waals surface area (Å²) in [4.78, 5) is 15.2. The molecule has 1 aromatic carbocycles.